The minimum atomic E-state index is 0.433. The molecule has 3 heteroatoms. The molecule has 0 radical (unpaired) electrons. The number of hydrogen-bond donors (Lipinski definition) is 1. The van der Waals surface area contributed by atoms with Crippen LogP contribution in [0.15, 0.2) is 6.07 Å². The number of rotatable bonds is 3. The van der Waals surface area contributed by atoms with Crippen LogP contribution in [-0.4, -0.2) is 9.78 Å². The summed E-state index contributed by atoms with van der Waals surface area (Å²) in [6.07, 6.45) is 1.17. The quantitative estimate of drug-likeness (QED) is 0.778. The maximum atomic E-state index is 5.63. The normalized spacial score (nSPS) is 15.7. The van der Waals surface area contributed by atoms with Gasteiger partial charge in [-0.05, 0) is 19.8 Å². The number of nitrogens with two attached hydrogens (primary N) is 1. The third-order valence-electron chi connectivity index (χ3n) is 2.79. The maximum Gasteiger partial charge on any atom is 0.145 e. The zero-order valence-electron chi connectivity index (χ0n) is 8.91. The van der Waals surface area contributed by atoms with Crippen molar-refractivity contribution >= 4 is 5.82 Å². The summed E-state index contributed by atoms with van der Waals surface area (Å²) in [5.41, 5.74) is 6.77. The first-order chi connectivity index (χ1) is 6.06. The molecule has 3 nitrogen and oxygen atoms in total. The first-order valence-electron chi connectivity index (χ1n) is 4.87. The lowest BCUT2D eigenvalue weighted by atomic mass is 10.0. The molecule has 0 saturated carbocycles. The van der Waals surface area contributed by atoms with Crippen molar-refractivity contribution in [3.05, 3.63) is 11.8 Å². The summed E-state index contributed by atoms with van der Waals surface area (Å²) in [5, 5.41) is 4.27. The van der Waals surface area contributed by atoms with Gasteiger partial charge in [0.2, 0.25) is 0 Å². The van der Waals surface area contributed by atoms with Gasteiger partial charge in [0.15, 0.2) is 0 Å². The number of nitrogens with zero attached hydrogens (tertiary/aromatic N) is 2. The molecule has 0 aliphatic heterocycles. The number of aromatic nitrogens is 2. The Morgan fingerprint density at radius 2 is 2.15 bits per heavy atom. The Bertz CT molecular complexity index is 278. The lowest BCUT2D eigenvalue weighted by Gasteiger charge is -2.20. The standard InChI is InChI=1S/C10H19N3/c1-5-7(2)9(4)13-8(3)6-10(11)12-13/h6-7,9H,5H2,1-4H3,(H2,11,12). The van der Waals surface area contributed by atoms with Gasteiger partial charge in [0.25, 0.3) is 0 Å². The molecule has 1 aromatic heterocycles. The molecule has 13 heavy (non-hydrogen) atoms. The van der Waals surface area contributed by atoms with Gasteiger partial charge in [0, 0.05) is 11.8 Å². The SMILES string of the molecule is CCC(C)C(C)n1nc(N)cc1C. The fourth-order valence-corrected chi connectivity index (χ4v) is 1.51. The predicted octanol–water partition coefficient (Wildman–Crippen LogP) is 2.38. The van der Waals surface area contributed by atoms with Gasteiger partial charge in [0.1, 0.15) is 5.82 Å². The average Bonchev–Trinajstić information content (AvgIpc) is 2.42. The molecule has 1 aromatic rings. The monoisotopic (exact) mass is 181 g/mol. The van der Waals surface area contributed by atoms with E-state index in [-0.39, 0.29) is 0 Å². The summed E-state index contributed by atoms with van der Waals surface area (Å²) in [4.78, 5) is 0. The van der Waals surface area contributed by atoms with Crippen molar-refractivity contribution in [2.75, 3.05) is 5.73 Å². The molecular weight excluding hydrogens is 162 g/mol. The lowest BCUT2D eigenvalue weighted by molar-refractivity contribution is 0.339. The highest BCUT2D eigenvalue weighted by Gasteiger charge is 2.14. The van der Waals surface area contributed by atoms with Gasteiger partial charge in [0.05, 0.1) is 6.04 Å². The Morgan fingerprint density at radius 3 is 2.54 bits per heavy atom. The van der Waals surface area contributed by atoms with Crippen molar-refractivity contribution in [3.63, 3.8) is 0 Å². The maximum absolute atomic E-state index is 5.63. The molecule has 0 aliphatic carbocycles. The molecule has 0 aromatic carbocycles. The Kier molecular flexibility index (Phi) is 2.96. The first-order valence-corrected chi connectivity index (χ1v) is 4.87. The van der Waals surface area contributed by atoms with Crippen molar-refractivity contribution in [1.82, 2.24) is 9.78 Å². The topological polar surface area (TPSA) is 43.8 Å². The summed E-state index contributed by atoms with van der Waals surface area (Å²) in [7, 11) is 0. The molecule has 0 bridgehead atoms. The van der Waals surface area contributed by atoms with Gasteiger partial charge >= 0.3 is 0 Å². The molecular formula is C10H19N3. The van der Waals surface area contributed by atoms with Crippen LogP contribution in [0, 0.1) is 12.8 Å². The second-order valence-electron chi connectivity index (χ2n) is 3.78. The fourth-order valence-electron chi connectivity index (χ4n) is 1.51. The van der Waals surface area contributed by atoms with Gasteiger partial charge < -0.3 is 5.73 Å². The van der Waals surface area contributed by atoms with Crippen molar-refractivity contribution in [3.8, 4) is 0 Å². The highest BCUT2D eigenvalue weighted by Crippen LogP contribution is 2.22. The molecule has 2 N–H and O–H groups in total. The van der Waals surface area contributed by atoms with Crippen LogP contribution < -0.4 is 5.73 Å². The van der Waals surface area contributed by atoms with Crippen LogP contribution in [-0.2, 0) is 0 Å². The minimum Gasteiger partial charge on any atom is -0.382 e. The Labute approximate surface area is 79.9 Å². The van der Waals surface area contributed by atoms with Crippen LogP contribution in [0.3, 0.4) is 0 Å². The number of nitrogen functional groups attached to an aromatic ring is 1. The molecule has 0 saturated heterocycles. The van der Waals surface area contributed by atoms with Gasteiger partial charge in [-0.3, -0.25) is 4.68 Å². The Balaban J connectivity index is 2.87. The first kappa shape index (κ1) is 10.1. The molecule has 74 valence electrons. The van der Waals surface area contributed by atoms with Gasteiger partial charge in [-0.15, -0.1) is 0 Å². The van der Waals surface area contributed by atoms with E-state index >= 15 is 0 Å². The van der Waals surface area contributed by atoms with Crippen LogP contribution in [0.5, 0.6) is 0 Å². The van der Waals surface area contributed by atoms with Crippen LogP contribution in [0.1, 0.15) is 38.9 Å². The summed E-state index contributed by atoms with van der Waals surface area (Å²) < 4.78 is 2.02. The third kappa shape index (κ3) is 2.02. The van der Waals surface area contributed by atoms with Gasteiger partial charge in [-0.1, -0.05) is 20.3 Å². The summed E-state index contributed by atoms with van der Waals surface area (Å²) in [6, 6.07) is 2.35. The molecule has 2 unspecified atom stereocenters. The zero-order valence-corrected chi connectivity index (χ0v) is 8.91. The van der Waals surface area contributed by atoms with E-state index in [0.717, 1.165) is 5.69 Å². The Hall–Kier alpha value is -0.990. The summed E-state index contributed by atoms with van der Waals surface area (Å²) in [5.74, 6) is 1.26. The lowest BCUT2D eigenvalue weighted by Crippen LogP contribution is -2.16. The second-order valence-corrected chi connectivity index (χ2v) is 3.78. The molecule has 0 amide bonds. The van der Waals surface area contributed by atoms with E-state index in [9.17, 15) is 0 Å². The molecule has 0 spiro atoms. The van der Waals surface area contributed by atoms with E-state index in [2.05, 4.69) is 25.9 Å². The molecule has 0 fully saturated rings. The largest absolute Gasteiger partial charge is 0.382 e. The molecule has 0 aliphatic rings. The minimum absolute atomic E-state index is 0.433. The van der Waals surface area contributed by atoms with E-state index in [1.54, 1.807) is 0 Å². The van der Waals surface area contributed by atoms with Crippen LogP contribution in [0.4, 0.5) is 5.82 Å². The van der Waals surface area contributed by atoms with Crippen molar-refractivity contribution in [2.24, 2.45) is 5.92 Å². The predicted molar refractivity (Wildman–Crippen MR) is 55.5 cm³/mol. The highest BCUT2D eigenvalue weighted by atomic mass is 15.3. The number of aryl methyl sites for hydroxylation is 1. The van der Waals surface area contributed by atoms with Crippen molar-refractivity contribution in [1.29, 1.82) is 0 Å². The third-order valence-corrected chi connectivity index (χ3v) is 2.79. The number of hydrogen-bond acceptors (Lipinski definition) is 2. The average molecular weight is 181 g/mol. The summed E-state index contributed by atoms with van der Waals surface area (Å²) >= 11 is 0. The van der Waals surface area contributed by atoms with Crippen LogP contribution in [0.2, 0.25) is 0 Å². The van der Waals surface area contributed by atoms with E-state index in [0.29, 0.717) is 17.8 Å². The van der Waals surface area contributed by atoms with Crippen LogP contribution >= 0.6 is 0 Å². The molecule has 1 rings (SSSR count). The van der Waals surface area contributed by atoms with E-state index in [1.807, 2.05) is 17.7 Å². The smallest absolute Gasteiger partial charge is 0.145 e. The van der Waals surface area contributed by atoms with Gasteiger partial charge in [-0.2, -0.15) is 5.10 Å². The zero-order chi connectivity index (χ0) is 10.0. The fraction of sp³-hybridized carbons (Fsp3) is 0.700. The van der Waals surface area contributed by atoms with E-state index < -0.39 is 0 Å². The number of anilines is 1. The molecule has 2 atom stereocenters. The van der Waals surface area contributed by atoms with Crippen LogP contribution in [0.25, 0.3) is 0 Å². The highest BCUT2D eigenvalue weighted by molar-refractivity contribution is 5.29. The summed E-state index contributed by atoms with van der Waals surface area (Å²) in [6.45, 7) is 8.67. The Morgan fingerprint density at radius 1 is 1.54 bits per heavy atom. The van der Waals surface area contributed by atoms with Gasteiger partial charge in [-0.25, -0.2) is 0 Å². The van der Waals surface area contributed by atoms with E-state index in [4.69, 9.17) is 5.73 Å². The molecule has 1 heterocycles. The van der Waals surface area contributed by atoms with Crippen molar-refractivity contribution < 1.29 is 0 Å². The van der Waals surface area contributed by atoms with Crippen molar-refractivity contribution in [2.45, 2.75) is 40.2 Å². The second kappa shape index (κ2) is 3.81. The van der Waals surface area contributed by atoms with E-state index in [1.165, 1.54) is 6.42 Å².